The summed E-state index contributed by atoms with van der Waals surface area (Å²) in [6.45, 7) is 6.81. The van der Waals surface area contributed by atoms with Gasteiger partial charge < -0.3 is 15.2 Å². The molecule has 0 saturated heterocycles. The van der Waals surface area contributed by atoms with Gasteiger partial charge in [-0.25, -0.2) is 4.79 Å². The van der Waals surface area contributed by atoms with Gasteiger partial charge in [0.1, 0.15) is 5.75 Å². The van der Waals surface area contributed by atoms with E-state index in [1.54, 1.807) is 19.2 Å². The van der Waals surface area contributed by atoms with Crippen LogP contribution in [-0.2, 0) is 10.3 Å². The van der Waals surface area contributed by atoms with Crippen molar-refractivity contribution in [3.8, 4) is 5.75 Å². The van der Waals surface area contributed by atoms with Crippen LogP contribution in [0.4, 0.5) is 5.69 Å². The average molecular weight is 331 g/mol. The second kappa shape index (κ2) is 6.35. The minimum Gasteiger partial charge on any atom is -0.496 e. The summed E-state index contributed by atoms with van der Waals surface area (Å²) < 4.78 is 6.59. The van der Waals surface area contributed by atoms with Crippen LogP contribution < -0.4 is 10.1 Å². The van der Waals surface area contributed by atoms with Gasteiger partial charge in [-0.15, -0.1) is 0 Å². The molecule has 0 unspecified atom stereocenters. The van der Waals surface area contributed by atoms with Crippen LogP contribution in [0.15, 0.2) is 24.5 Å². The molecule has 1 amide bonds. The first-order valence-electron chi connectivity index (χ1n) is 7.42. The maximum Gasteiger partial charge on any atom is 0.331 e. The van der Waals surface area contributed by atoms with Gasteiger partial charge in [-0.1, -0.05) is 0 Å². The van der Waals surface area contributed by atoms with Crippen molar-refractivity contribution >= 4 is 17.6 Å². The van der Waals surface area contributed by atoms with E-state index in [9.17, 15) is 14.7 Å². The number of hydrogen-bond donors (Lipinski definition) is 2. The number of ether oxygens (including phenoxy) is 1. The SMILES string of the molecule is COc1c(C)cc(C(=O)Nc2cnn(C(C)(C)C(=O)O)c2)cc1C. The van der Waals surface area contributed by atoms with Crippen LogP contribution in [0.25, 0.3) is 0 Å². The molecule has 0 aliphatic heterocycles. The lowest BCUT2D eigenvalue weighted by atomic mass is 10.1. The number of anilines is 1. The van der Waals surface area contributed by atoms with Crippen molar-refractivity contribution in [3.05, 3.63) is 41.2 Å². The van der Waals surface area contributed by atoms with E-state index in [1.165, 1.54) is 30.9 Å². The third kappa shape index (κ3) is 3.24. The van der Waals surface area contributed by atoms with Gasteiger partial charge >= 0.3 is 5.97 Å². The van der Waals surface area contributed by atoms with E-state index < -0.39 is 11.5 Å². The summed E-state index contributed by atoms with van der Waals surface area (Å²) >= 11 is 0. The van der Waals surface area contributed by atoms with E-state index in [2.05, 4.69) is 10.4 Å². The molecule has 0 aliphatic rings. The minimum absolute atomic E-state index is 0.295. The molecule has 7 heteroatoms. The number of aliphatic carboxylic acids is 1. The Morgan fingerprint density at radius 1 is 1.25 bits per heavy atom. The number of nitrogens with zero attached hydrogens (tertiary/aromatic N) is 2. The van der Waals surface area contributed by atoms with Gasteiger partial charge in [0.25, 0.3) is 5.91 Å². The third-order valence-corrected chi connectivity index (χ3v) is 3.86. The maximum atomic E-state index is 12.4. The van der Waals surface area contributed by atoms with E-state index in [0.29, 0.717) is 11.3 Å². The smallest absolute Gasteiger partial charge is 0.331 e. The molecule has 0 aliphatic carbocycles. The van der Waals surface area contributed by atoms with Gasteiger partial charge in [-0.2, -0.15) is 5.10 Å². The zero-order valence-corrected chi connectivity index (χ0v) is 14.4. The fourth-order valence-electron chi connectivity index (χ4n) is 2.40. The van der Waals surface area contributed by atoms with Crippen molar-refractivity contribution in [2.75, 3.05) is 12.4 Å². The predicted octanol–water partition coefficient (Wildman–Crippen LogP) is 2.58. The first-order valence-corrected chi connectivity index (χ1v) is 7.42. The number of amides is 1. The molecule has 2 N–H and O–H groups in total. The molecule has 2 aromatic rings. The van der Waals surface area contributed by atoms with Crippen molar-refractivity contribution in [3.63, 3.8) is 0 Å². The molecule has 1 heterocycles. The molecular weight excluding hydrogens is 310 g/mol. The maximum absolute atomic E-state index is 12.4. The molecule has 0 fully saturated rings. The lowest BCUT2D eigenvalue weighted by molar-refractivity contribution is -0.146. The Labute approximate surface area is 140 Å². The Hall–Kier alpha value is -2.83. The molecule has 128 valence electrons. The number of hydrogen-bond acceptors (Lipinski definition) is 4. The van der Waals surface area contributed by atoms with Gasteiger partial charge in [-0.3, -0.25) is 9.48 Å². The molecule has 0 radical (unpaired) electrons. The second-order valence-electron chi connectivity index (χ2n) is 6.14. The Balaban J connectivity index is 2.22. The summed E-state index contributed by atoms with van der Waals surface area (Å²) in [5, 5.41) is 16.0. The van der Waals surface area contributed by atoms with Crippen molar-refractivity contribution in [2.24, 2.45) is 0 Å². The molecule has 24 heavy (non-hydrogen) atoms. The number of carboxylic acid groups (broad SMARTS) is 1. The van der Waals surface area contributed by atoms with Gasteiger partial charge in [0.2, 0.25) is 0 Å². The van der Waals surface area contributed by atoms with Crippen molar-refractivity contribution < 1.29 is 19.4 Å². The van der Waals surface area contributed by atoms with E-state index in [1.807, 2.05) is 13.8 Å². The lowest BCUT2D eigenvalue weighted by Gasteiger charge is -2.19. The molecule has 1 aromatic carbocycles. The predicted molar refractivity (Wildman–Crippen MR) is 89.6 cm³/mol. The zero-order chi connectivity index (χ0) is 18.1. The number of nitrogens with one attached hydrogen (secondary N) is 1. The first kappa shape index (κ1) is 17.5. The molecular formula is C17H21N3O4. The first-order chi connectivity index (χ1) is 11.2. The van der Waals surface area contributed by atoms with Gasteiger partial charge in [-0.05, 0) is 51.0 Å². The van der Waals surface area contributed by atoms with Crippen LogP contribution >= 0.6 is 0 Å². The molecule has 0 atom stereocenters. The number of carbonyl (C=O) groups excluding carboxylic acids is 1. The number of methoxy groups -OCH3 is 1. The van der Waals surface area contributed by atoms with Crippen LogP contribution in [0, 0.1) is 13.8 Å². The molecule has 2 rings (SSSR count). The number of carbonyl (C=O) groups is 2. The Morgan fingerprint density at radius 3 is 2.33 bits per heavy atom. The third-order valence-electron chi connectivity index (χ3n) is 3.86. The zero-order valence-electron chi connectivity index (χ0n) is 14.4. The summed E-state index contributed by atoms with van der Waals surface area (Å²) in [5.74, 6) is -0.552. The quantitative estimate of drug-likeness (QED) is 0.878. The van der Waals surface area contributed by atoms with Gasteiger partial charge in [0, 0.05) is 11.8 Å². The number of aromatic nitrogens is 2. The van der Waals surface area contributed by atoms with Crippen LogP contribution in [0.5, 0.6) is 5.75 Å². The number of rotatable bonds is 5. The fraction of sp³-hybridized carbons (Fsp3) is 0.353. The van der Waals surface area contributed by atoms with Crippen LogP contribution in [0.2, 0.25) is 0 Å². The Kier molecular flexibility index (Phi) is 4.64. The Bertz CT molecular complexity index is 770. The van der Waals surface area contributed by atoms with Gasteiger partial charge in [0.15, 0.2) is 5.54 Å². The summed E-state index contributed by atoms with van der Waals surface area (Å²) in [4.78, 5) is 23.7. The number of carboxylic acids is 1. The second-order valence-corrected chi connectivity index (χ2v) is 6.14. The Morgan fingerprint density at radius 2 is 1.83 bits per heavy atom. The van der Waals surface area contributed by atoms with Crippen molar-refractivity contribution in [1.29, 1.82) is 0 Å². The minimum atomic E-state index is -1.20. The summed E-state index contributed by atoms with van der Waals surface area (Å²) in [6.07, 6.45) is 2.92. The highest BCUT2D eigenvalue weighted by molar-refractivity contribution is 6.04. The summed E-state index contributed by atoms with van der Waals surface area (Å²) in [6, 6.07) is 3.49. The van der Waals surface area contributed by atoms with Crippen molar-refractivity contribution in [1.82, 2.24) is 9.78 Å². The van der Waals surface area contributed by atoms with E-state index >= 15 is 0 Å². The molecule has 1 aromatic heterocycles. The summed E-state index contributed by atoms with van der Waals surface area (Å²) in [7, 11) is 1.59. The average Bonchev–Trinajstić information content (AvgIpc) is 2.95. The standard InChI is InChI=1S/C17H21N3O4/c1-10-6-12(7-11(2)14(10)24-5)15(21)19-13-8-18-20(9-13)17(3,4)16(22)23/h6-9H,1-5H3,(H,19,21)(H,22,23). The molecule has 0 bridgehead atoms. The van der Waals surface area contributed by atoms with Crippen molar-refractivity contribution in [2.45, 2.75) is 33.2 Å². The topological polar surface area (TPSA) is 93.5 Å². The van der Waals surface area contributed by atoms with Crippen LogP contribution in [0.1, 0.15) is 35.3 Å². The van der Waals surface area contributed by atoms with Crippen LogP contribution in [-0.4, -0.2) is 33.9 Å². The highest BCUT2D eigenvalue weighted by Gasteiger charge is 2.30. The van der Waals surface area contributed by atoms with Gasteiger partial charge in [0.05, 0.1) is 19.0 Å². The molecule has 0 spiro atoms. The summed E-state index contributed by atoms with van der Waals surface area (Å²) in [5.41, 5.74) is 1.46. The highest BCUT2D eigenvalue weighted by atomic mass is 16.5. The fourth-order valence-corrected chi connectivity index (χ4v) is 2.40. The van der Waals surface area contributed by atoms with E-state index in [0.717, 1.165) is 16.9 Å². The van der Waals surface area contributed by atoms with E-state index in [4.69, 9.17) is 4.74 Å². The highest BCUT2D eigenvalue weighted by Crippen LogP contribution is 2.25. The largest absolute Gasteiger partial charge is 0.496 e. The number of aryl methyl sites for hydroxylation is 2. The van der Waals surface area contributed by atoms with Crippen LogP contribution in [0.3, 0.4) is 0 Å². The monoisotopic (exact) mass is 331 g/mol. The lowest BCUT2D eigenvalue weighted by Crippen LogP contribution is -2.35. The molecule has 7 nitrogen and oxygen atoms in total. The van der Waals surface area contributed by atoms with E-state index in [-0.39, 0.29) is 5.91 Å². The molecule has 0 saturated carbocycles. The number of benzene rings is 1. The normalized spacial score (nSPS) is 11.2.